The molecule has 1 heterocycles. The molecule has 2 atom stereocenters. The molecule has 1 N–H and O–H groups in total. The van der Waals surface area contributed by atoms with Crippen molar-refractivity contribution in [1.29, 1.82) is 0 Å². The maximum Gasteiger partial charge on any atom is 0.328 e. The molecule has 0 bridgehead atoms. The number of likely N-dealkylation sites (tertiary alicyclic amines) is 1. The predicted octanol–water partition coefficient (Wildman–Crippen LogP) is 3.28. The summed E-state index contributed by atoms with van der Waals surface area (Å²) in [5.41, 5.74) is 1.47. The summed E-state index contributed by atoms with van der Waals surface area (Å²) in [5, 5.41) is 8.92. The SMILES string of the molecule is Cl.O=C(O)/C=C1/CN(C(C(=O)C2CC2)c2ccc(F)cc2)CCC1S. The molecule has 0 radical (unpaired) electrons. The van der Waals surface area contributed by atoms with Crippen LogP contribution in [0.2, 0.25) is 0 Å². The summed E-state index contributed by atoms with van der Waals surface area (Å²) in [7, 11) is 0. The Labute approximate surface area is 157 Å². The number of carboxylic acid groups (broad SMARTS) is 1. The molecule has 1 saturated carbocycles. The third-order valence-corrected chi connectivity index (χ3v) is 5.20. The van der Waals surface area contributed by atoms with E-state index in [0.29, 0.717) is 25.1 Å². The van der Waals surface area contributed by atoms with Gasteiger partial charge in [-0.2, -0.15) is 12.6 Å². The van der Waals surface area contributed by atoms with Crippen molar-refractivity contribution >= 4 is 36.8 Å². The van der Waals surface area contributed by atoms with Gasteiger partial charge in [0.25, 0.3) is 0 Å². The van der Waals surface area contributed by atoms with Crippen LogP contribution in [-0.2, 0) is 9.59 Å². The van der Waals surface area contributed by atoms with Crippen molar-refractivity contribution in [2.75, 3.05) is 13.1 Å². The minimum atomic E-state index is -1.00. The third-order valence-electron chi connectivity index (χ3n) is 4.61. The van der Waals surface area contributed by atoms with Gasteiger partial charge in [0.2, 0.25) is 0 Å². The van der Waals surface area contributed by atoms with E-state index in [1.165, 1.54) is 18.2 Å². The molecule has 0 aromatic heterocycles. The number of hydrogen-bond acceptors (Lipinski definition) is 4. The molecule has 4 nitrogen and oxygen atoms in total. The van der Waals surface area contributed by atoms with Crippen molar-refractivity contribution < 1.29 is 19.1 Å². The van der Waals surface area contributed by atoms with Gasteiger partial charge in [-0.3, -0.25) is 9.69 Å². The lowest BCUT2D eigenvalue weighted by Gasteiger charge is -2.37. The average molecular weight is 386 g/mol. The fourth-order valence-corrected chi connectivity index (χ4v) is 3.48. The lowest BCUT2D eigenvalue weighted by Crippen LogP contribution is -2.42. The second kappa shape index (κ2) is 8.34. The maximum absolute atomic E-state index is 13.2. The van der Waals surface area contributed by atoms with Gasteiger partial charge < -0.3 is 5.11 Å². The van der Waals surface area contributed by atoms with E-state index in [-0.39, 0.29) is 35.2 Å². The van der Waals surface area contributed by atoms with Crippen molar-refractivity contribution in [2.24, 2.45) is 5.92 Å². The Bertz CT molecular complexity index is 675. The number of ketones is 1. The van der Waals surface area contributed by atoms with Crippen LogP contribution in [-0.4, -0.2) is 40.1 Å². The lowest BCUT2D eigenvalue weighted by molar-refractivity contribution is -0.131. The third kappa shape index (κ3) is 4.84. The van der Waals surface area contributed by atoms with Gasteiger partial charge in [0, 0.05) is 30.3 Å². The highest BCUT2D eigenvalue weighted by molar-refractivity contribution is 7.81. The molecule has 1 aromatic carbocycles. The first-order chi connectivity index (χ1) is 11.5. The van der Waals surface area contributed by atoms with Gasteiger partial charge in [0.1, 0.15) is 5.82 Å². The molecule has 25 heavy (non-hydrogen) atoms. The number of carbonyl (C=O) groups excluding carboxylic acids is 1. The number of hydrogen-bond donors (Lipinski definition) is 2. The molecule has 2 aliphatic rings. The fourth-order valence-electron chi connectivity index (χ4n) is 3.20. The van der Waals surface area contributed by atoms with Crippen LogP contribution in [0.4, 0.5) is 4.39 Å². The molecule has 3 rings (SSSR count). The van der Waals surface area contributed by atoms with E-state index in [4.69, 9.17) is 5.11 Å². The van der Waals surface area contributed by atoms with Crippen molar-refractivity contribution in [3.05, 3.63) is 47.3 Å². The first kappa shape index (κ1) is 19.9. The number of Topliss-reactive ketones (excluding diaryl/α,β-unsaturated/α-hetero) is 1. The number of aliphatic carboxylic acids is 1. The number of benzene rings is 1. The highest BCUT2D eigenvalue weighted by atomic mass is 35.5. The summed E-state index contributed by atoms with van der Waals surface area (Å²) >= 11 is 4.45. The normalized spacial score (nSPS) is 23.8. The fraction of sp³-hybridized carbons (Fsp3) is 0.444. The Morgan fingerprint density at radius 2 is 1.88 bits per heavy atom. The number of halogens is 2. The first-order valence-electron chi connectivity index (χ1n) is 8.10. The van der Waals surface area contributed by atoms with Gasteiger partial charge in [0.15, 0.2) is 5.78 Å². The summed E-state index contributed by atoms with van der Waals surface area (Å²) in [4.78, 5) is 25.8. The van der Waals surface area contributed by atoms with Gasteiger partial charge in [0.05, 0.1) is 6.04 Å². The number of nitrogens with zero attached hydrogens (tertiary/aromatic N) is 1. The molecule has 2 fully saturated rings. The first-order valence-corrected chi connectivity index (χ1v) is 8.62. The quantitative estimate of drug-likeness (QED) is 0.603. The molecule has 2 unspecified atom stereocenters. The Hall–Kier alpha value is -1.37. The molecular weight excluding hydrogens is 365 g/mol. The van der Waals surface area contributed by atoms with Crippen LogP contribution in [0.25, 0.3) is 0 Å². The number of carbonyl (C=O) groups is 2. The predicted molar refractivity (Wildman–Crippen MR) is 98.8 cm³/mol. The van der Waals surface area contributed by atoms with Crippen molar-refractivity contribution in [1.82, 2.24) is 4.90 Å². The molecule has 7 heteroatoms. The molecule has 0 spiro atoms. The van der Waals surface area contributed by atoms with E-state index in [0.717, 1.165) is 18.4 Å². The van der Waals surface area contributed by atoms with Gasteiger partial charge >= 0.3 is 5.97 Å². The van der Waals surface area contributed by atoms with E-state index < -0.39 is 12.0 Å². The van der Waals surface area contributed by atoms with Gasteiger partial charge in [-0.15, -0.1) is 12.4 Å². The highest BCUT2D eigenvalue weighted by Gasteiger charge is 2.39. The summed E-state index contributed by atoms with van der Waals surface area (Å²) in [6, 6.07) is 5.57. The summed E-state index contributed by atoms with van der Waals surface area (Å²) in [6.07, 6.45) is 3.67. The van der Waals surface area contributed by atoms with Crippen LogP contribution in [0.3, 0.4) is 0 Å². The number of carboxylic acids is 1. The highest BCUT2D eigenvalue weighted by Crippen LogP contribution is 2.38. The molecule has 1 saturated heterocycles. The van der Waals surface area contributed by atoms with E-state index in [1.54, 1.807) is 12.1 Å². The average Bonchev–Trinajstić information content (AvgIpc) is 3.37. The molecule has 1 aliphatic carbocycles. The van der Waals surface area contributed by atoms with Crippen LogP contribution in [0.5, 0.6) is 0 Å². The van der Waals surface area contributed by atoms with Crippen molar-refractivity contribution in [3.8, 4) is 0 Å². The van der Waals surface area contributed by atoms with E-state index in [2.05, 4.69) is 12.6 Å². The number of rotatable bonds is 5. The molecule has 0 amide bonds. The number of thiol groups is 1. The smallest absolute Gasteiger partial charge is 0.328 e. The zero-order chi connectivity index (χ0) is 17.3. The van der Waals surface area contributed by atoms with E-state index in [1.807, 2.05) is 4.90 Å². The molecule has 136 valence electrons. The zero-order valence-corrected chi connectivity index (χ0v) is 15.3. The van der Waals surface area contributed by atoms with E-state index >= 15 is 0 Å². The van der Waals surface area contributed by atoms with Crippen molar-refractivity contribution in [3.63, 3.8) is 0 Å². The Kier molecular flexibility index (Phi) is 6.65. The minimum absolute atomic E-state index is 0. The second-order valence-electron chi connectivity index (χ2n) is 6.46. The second-order valence-corrected chi connectivity index (χ2v) is 7.09. The summed E-state index contributed by atoms with van der Waals surface area (Å²) < 4.78 is 13.2. The van der Waals surface area contributed by atoms with E-state index in [9.17, 15) is 14.0 Å². The van der Waals surface area contributed by atoms with Gasteiger partial charge in [-0.05, 0) is 42.5 Å². The summed E-state index contributed by atoms with van der Waals surface area (Å²) in [6.45, 7) is 1.05. The number of piperidine rings is 1. The Morgan fingerprint density at radius 3 is 2.44 bits per heavy atom. The van der Waals surface area contributed by atoms with Crippen LogP contribution in [0, 0.1) is 11.7 Å². The monoisotopic (exact) mass is 385 g/mol. The van der Waals surface area contributed by atoms with Crippen LogP contribution < -0.4 is 0 Å². The summed E-state index contributed by atoms with van der Waals surface area (Å²) in [5.74, 6) is -1.12. The Balaban J connectivity index is 0.00000225. The molecule has 1 aliphatic heterocycles. The van der Waals surface area contributed by atoms with Crippen molar-refractivity contribution in [2.45, 2.75) is 30.6 Å². The zero-order valence-electron chi connectivity index (χ0n) is 13.6. The Morgan fingerprint density at radius 1 is 1.24 bits per heavy atom. The topological polar surface area (TPSA) is 57.6 Å². The van der Waals surface area contributed by atoms with Crippen LogP contribution >= 0.6 is 25.0 Å². The van der Waals surface area contributed by atoms with Gasteiger partial charge in [-0.25, -0.2) is 9.18 Å². The lowest BCUT2D eigenvalue weighted by atomic mass is 9.94. The largest absolute Gasteiger partial charge is 0.478 e. The van der Waals surface area contributed by atoms with Crippen LogP contribution in [0.15, 0.2) is 35.9 Å². The maximum atomic E-state index is 13.2. The van der Waals surface area contributed by atoms with Crippen LogP contribution in [0.1, 0.15) is 30.9 Å². The molecule has 1 aromatic rings. The minimum Gasteiger partial charge on any atom is -0.478 e. The van der Waals surface area contributed by atoms with Gasteiger partial charge in [-0.1, -0.05) is 12.1 Å². The molecular formula is C18H21ClFNO3S. The standard InChI is InChI=1S/C18H20FNO3S.ClH/c19-14-5-3-11(4-6-14)17(18(23)12-1-2-12)20-8-7-15(24)13(10-20)9-16(21)22;/h3-6,9,12,15,17,24H,1-2,7-8,10H2,(H,21,22);1H/b13-9-;.